The maximum Gasteiger partial charge on any atom is 0.416 e. The van der Waals surface area contributed by atoms with Gasteiger partial charge >= 0.3 is 6.18 Å². The Morgan fingerprint density at radius 1 is 1.18 bits per heavy atom. The van der Waals surface area contributed by atoms with E-state index in [1.807, 2.05) is 0 Å². The molecular weight excluding hydrogens is 453 g/mol. The Labute approximate surface area is 198 Å². The molecule has 0 bridgehead atoms. The molecule has 1 aliphatic carbocycles. The van der Waals surface area contributed by atoms with Crippen LogP contribution in [-0.2, 0) is 28.7 Å². The first-order valence-corrected chi connectivity index (χ1v) is 12.6. The van der Waals surface area contributed by atoms with Gasteiger partial charge in [-0.2, -0.15) is 13.2 Å². The number of halogens is 4. The summed E-state index contributed by atoms with van der Waals surface area (Å²) >= 11 is 6.18. The first kappa shape index (κ1) is 23.4. The van der Waals surface area contributed by atoms with Gasteiger partial charge in [-0.3, -0.25) is 9.69 Å². The van der Waals surface area contributed by atoms with Gasteiger partial charge < -0.3 is 9.64 Å². The zero-order chi connectivity index (χ0) is 23.4. The Balaban J connectivity index is 1.32. The number of alkyl halides is 3. The van der Waals surface area contributed by atoms with Crippen LogP contribution in [0.2, 0.25) is 5.02 Å². The number of nitrogens with zero attached hydrogens (tertiary/aromatic N) is 2. The Morgan fingerprint density at radius 2 is 1.97 bits per heavy atom. The van der Waals surface area contributed by atoms with E-state index in [0.717, 1.165) is 50.0 Å². The number of carbonyl (C=O) groups is 1. The minimum atomic E-state index is -4.46. The van der Waals surface area contributed by atoms with Crippen molar-refractivity contribution >= 4 is 17.5 Å². The molecule has 0 aromatic heterocycles. The Hall–Kier alpha value is -1.31. The molecule has 0 N–H and O–H groups in total. The average molecular weight is 485 g/mol. The molecule has 1 saturated carbocycles. The summed E-state index contributed by atoms with van der Waals surface area (Å²) in [7, 11) is 0. The lowest BCUT2D eigenvalue weighted by Gasteiger charge is -2.46. The summed E-state index contributed by atoms with van der Waals surface area (Å²) in [6.07, 6.45) is 2.06. The second-order valence-electron chi connectivity index (χ2n) is 10.5. The monoisotopic (exact) mass is 484 g/mol. The molecule has 2 saturated heterocycles. The fourth-order valence-electron chi connectivity index (χ4n) is 6.09. The summed E-state index contributed by atoms with van der Waals surface area (Å²) in [6.45, 7) is 5.64. The van der Waals surface area contributed by atoms with E-state index in [1.54, 1.807) is 4.90 Å². The third-order valence-corrected chi connectivity index (χ3v) is 8.42. The molecule has 0 spiro atoms. The highest BCUT2D eigenvalue weighted by Crippen LogP contribution is 2.48. The van der Waals surface area contributed by atoms with Crippen molar-refractivity contribution in [3.8, 4) is 0 Å². The molecule has 2 unspecified atom stereocenters. The quantitative estimate of drug-likeness (QED) is 0.583. The van der Waals surface area contributed by atoms with E-state index < -0.39 is 17.3 Å². The Bertz CT molecular complexity index is 910. The van der Waals surface area contributed by atoms with Crippen LogP contribution in [0.1, 0.15) is 62.1 Å². The molecule has 0 radical (unpaired) electrons. The van der Waals surface area contributed by atoms with Gasteiger partial charge in [0.25, 0.3) is 5.91 Å². The average Bonchev–Trinajstić information content (AvgIpc) is 3.63. The van der Waals surface area contributed by atoms with E-state index in [0.29, 0.717) is 43.5 Å². The number of fused-ring (bicyclic) bond motifs is 1. The van der Waals surface area contributed by atoms with Crippen LogP contribution < -0.4 is 0 Å². The lowest BCUT2D eigenvalue weighted by atomic mass is 9.84. The molecule has 1 aromatic carbocycles. The van der Waals surface area contributed by atoms with Crippen molar-refractivity contribution in [2.24, 2.45) is 11.8 Å². The van der Waals surface area contributed by atoms with Crippen LogP contribution in [0.5, 0.6) is 0 Å². The Morgan fingerprint density at radius 3 is 2.61 bits per heavy atom. The standard InChI is InChI=1S/C25H32ClF3N2O2/c1-16-3-2-9-30(13-16)20-6-8-24(33-15-20,18-4-5-18)23(32)31-10-7-21-17(14-31)11-19(12-22(21)26)25(27,28)29/h11-12,16,18,20H,2-10,13-15H2,1H3/t16?,20?,24-/m0/s1. The molecule has 1 amide bonds. The SMILES string of the molecule is CC1CCCN(C2CC[C@@](C(=O)N3CCc4c(Cl)cc(C(F)(F)F)cc4C3)(C3CC3)OC2)C1. The fraction of sp³-hybridized carbons (Fsp3) is 0.720. The number of hydrogen-bond acceptors (Lipinski definition) is 3. The molecule has 3 fully saturated rings. The minimum Gasteiger partial charge on any atom is -0.363 e. The van der Waals surface area contributed by atoms with Crippen molar-refractivity contribution in [1.29, 1.82) is 0 Å². The zero-order valence-corrected chi connectivity index (χ0v) is 19.9. The number of carbonyl (C=O) groups excluding carboxylic acids is 1. The van der Waals surface area contributed by atoms with Crippen molar-refractivity contribution in [1.82, 2.24) is 9.80 Å². The van der Waals surface area contributed by atoms with Gasteiger partial charge in [0.1, 0.15) is 5.60 Å². The van der Waals surface area contributed by atoms with Crippen molar-refractivity contribution in [3.05, 3.63) is 33.8 Å². The van der Waals surface area contributed by atoms with E-state index >= 15 is 0 Å². The van der Waals surface area contributed by atoms with E-state index in [1.165, 1.54) is 12.8 Å². The van der Waals surface area contributed by atoms with Crippen LogP contribution in [0.3, 0.4) is 0 Å². The lowest BCUT2D eigenvalue weighted by Crippen LogP contribution is -2.59. The highest BCUT2D eigenvalue weighted by molar-refractivity contribution is 6.31. The number of hydrogen-bond donors (Lipinski definition) is 0. The highest BCUT2D eigenvalue weighted by atomic mass is 35.5. The van der Waals surface area contributed by atoms with Crippen LogP contribution in [0.4, 0.5) is 13.2 Å². The topological polar surface area (TPSA) is 32.8 Å². The molecule has 5 rings (SSSR count). The van der Waals surface area contributed by atoms with Crippen molar-refractivity contribution in [2.45, 2.75) is 76.2 Å². The van der Waals surface area contributed by atoms with E-state index in [9.17, 15) is 18.0 Å². The van der Waals surface area contributed by atoms with Crippen molar-refractivity contribution in [2.75, 3.05) is 26.2 Å². The first-order chi connectivity index (χ1) is 15.7. The molecule has 3 atom stereocenters. The third-order valence-electron chi connectivity index (χ3n) is 8.08. The molecule has 3 heterocycles. The first-order valence-electron chi connectivity index (χ1n) is 12.2. The normalized spacial score (nSPS) is 31.4. The van der Waals surface area contributed by atoms with Gasteiger partial charge in [0.05, 0.1) is 12.2 Å². The van der Waals surface area contributed by atoms with Gasteiger partial charge in [0.2, 0.25) is 0 Å². The zero-order valence-electron chi connectivity index (χ0n) is 19.1. The van der Waals surface area contributed by atoms with Gasteiger partial charge in [-0.15, -0.1) is 0 Å². The number of likely N-dealkylation sites (tertiary alicyclic amines) is 1. The molecule has 1 aromatic rings. The molecular formula is C25H32ClF3N2O2. The van der Waals surface area contributed by atoms with Gasteiger partial charge in [-0.1, -0.05) is 18.5 Å². The number of amides is 1. The van der Waals surface area contributed by atoms with Crippen molar-refractivity contribution in [3.63, 3.8) is 0 Å². The summed E-state index contributed by atoms with van der Waals surface area (Å²) in [5.74, 6) is 0.865. The van der Waals surface area contributed by atoms with E-state index in [2.05, 4.69) is 11.8 Å². The number of rotatable bonds is 3. The largest absolute Gasteiger partial charge is 0.416 e. The second-order valence-corrected chi connectivity index (χ2v) is 10.9. The molecule has 4 nitrogen and oxygen atoms in total. The van der Waals surface area contributed by atoms with Crippen LogP contribution in [0, 0.1) is 11.8 Å². The lowest BCUT2D eigenvalue weighted by molar-refractivity contribution is -0.177. The summed E-state index contributed by atoms with van der Waals surface area (Å²) in [4.78, 5) is 18.0. The van der Waals surface area contributed by atoms with Gasteiger partial charge in [-0.25, -0.2) is 0 Å². The molecule has 33 heavy (non-hydrogen) atoms. The summed E-state index contributed by atoms with van der Waals surface area (Å²) in [5.41, 5.74) is -0.361. The molecule has 3 aliphatic heterocycles. The third kappa shape index (κ3) is 4.53. The number of piperidine rings is 1. The number of ether oxygens (including phenoxy) is 1. The predicted molar refractivity (Wildman–Crippen MR) is 120 cm³/mol. The summed E-state index contributed by atoms with van der Waals surface area (Å²) in [5, 5.41) is 0.136. The summed E-state index contributed by atoms with van der Waals surface area (Å²) in [6, 6.07) is 2.50. The Kier molecular flexibility index (Phi) is 6.19. The number of benzene rings is 1. The molecule has 182 valence electrons. The molecule has 8 heteroatoms. The van der Waals surface area contributed by atoms with Crippen LogP contribution >= 0.6 is 11.6 Å². The maximum absolute atomic E-state index is 13.8. The van der Waals surface area contributed by atoms with Gasteiger partial charge in [-0.05, 0) is 86.6 Å². The van der Waals surface area contributed by atoms with Gasteiger partial charge in [0, 0.05) is 30.7 Å². The smallest absolute Gasteiger partial charge is 0.363 e. The van der Waals surface area contributed by atoms with Crippen LogP contribution in [0.15, 0.2) is 12.1 Å². The van der Waals surface area contributed by atoms with Crippen molar-refractivity contribution < 1.29 is 22.7 Å². The highest BCUT2D eigenvalue weighted by Gasteiger charge is 2.55. The minimum absolute atomic E-state index is 0.0466. The maximum atomic E-state index is 13.8. The fourth-order valence-corrected chi connectivity index (χ4v) is 6.43. The van der Waals surface area contributed by atoms with E-state index in [-0.39, 0.29) is 23.4 Å². The van der Waals surface area contributed by atoms with Gasteiger partial charge in [0.15, 0.2) is 0 Å². The van der Waals surface area contributed by atoms with Crippen LogP contribution in [-0.4, -0.2) is 53.6 Å². The molecule has 4 aliphatic rings. The predicted octanol–water partition coefficient (Wildman–Crippen LogP) is 5.30. The summed E-state index contributed by atoms with van der Waals surface area (Å²) < 4.78 is 46.4. The second kappa shape index (κ2) is 8.72. The van der Waals surface area contributed by atoms with E-state index in [4.69, 9.17) is 16.3 Å². The van der Waals surface area contributed by atoms with Crippen LogP contribution in [0.25, 0.3) is 0 Å².